The van der Waals surface area contributed by atoms with Gasteiger partial charge in [-0.25, -0.2) is 19.2 Å². The summed E-state index contributed by atoms with van der Waals surface area (Å²) in [4.78, 5) is 110. The van der Waals surface area contributed by atoms with Crippen LogP contribution in [0.3, 0.4) is 0 Å². The molecule has 0 aliphatic carbocycles. The first-order valence-electron chi connectivity index (χ1n) is 30.0. The number of carboxylic acids is 2. The van der Waals surface area contributed by atoms with Crippen LogP contribution in [0.2, 0.25) is 0 Å². The number of carbonyl (C=O) groups is 6. The fourth-order valence-corrected chi connectivity index (χ4v) is 10.3. The number of aliphatic carboxylic acids is 2. The third-order valence-electron chi connectivity index (χ3n) is 15.3. The van der Waals surface area contributed by atoms with E-state index in [-0.39, 0.29) is 45.0 Å². The molecule has 0 radical (unpaired) electrons. The van der Waals surface area contributed by atoms with Crippen LogP contribution in [0.1, 0.15) is 144 Å². The van der Waals surface area contributed by atoms with Gasteiger partial charge in [-0.15, -0.1) is 0 Å². The van der Waals surface area contributed by atoms with Crippen LogP contribution in [0.25, 0.3) is 0 Å². The molecule has 30 nitrogen and oxygen atoms in total. The van der Waals surface area contributed by atoms with Crippen LogP contribution in [-0.4, -0.2) is 207 Å². The van der Waals surface area contributed by atoms with Crippen LogP contribution in [0.4, 0.5) is 9.59 Å². The van der Waals surface area contributed by atoms with E-state index in [4.69, 9.17) is 24.7 Å². The number of amides is 6. The number of unbranched alkanes of at least 4 members (excludes halogenated alkanes) is 13. The predicted octanol–water partition coefficient (Wildman–Crippen LogP) is -1.07. The standard InChI is InChI=1S/C55H96N12O18/c1-7-8-9-10-11-12-13-14-15-16-17-18-19-20-24-60-53(79)61-29-33-40(70)45(82-6)51(83-33)85-43(44-41(71)42(72)48(84-44)67-28-23-34(68)63-55(67)81)38(50(77)78)57-25-21-26-58-46(73)37(39(69)31(4)5)64-47(74)36(32-22-27-59-52(56)62-32)66-54(80)65-35(30(2)3)49(75)76/h23,28,30-33,35-45,48,51,57,69-72H,7-22,24-27,29H2,1-6H3,(H,58,73)(H,64,74)(H,75,76)(H,77,78)(H3,56,59,62)(H2,60,61,79)(H,63,68,81)(H2,65,66,80)/t32?,33-,35?,36?,37?,38?,39?,40+,41+,42-,43?,44+,45-,48-,51-/m1/s1. The van der Waals surface area contributed by atoms with E-state index in [0.717, 1.165) is 42.5 Å². The van der Waals surface area contributed by atoms with Gasteiger partial charge in [-0.1, -0.05) is 118 Å². The zero-order valence-electron chi connectivity index (χ0n) is 49.9. The zero-order chi connectivity index (χ0) is 62.8. The van der Waals surface area contributed by atoms with Crippen molar-refractivity contribution in [2.45, 2.75) is 229 Å². The number of nitrogens with zero attached hydrogens (tertiary/aromatic N) is 2. The van der Waals surface area contributed by atoms with Crippen molar-refractivity contribution in [3.05, 3.63) is 33.1 Å². The normalized spacial score (nSPS) is 24.3. The van der Waals surface area contributed by atoms with Crippen molar-refractivity contribution in [2.75, 3.05) is 39.8 Å². The number of nitrogens with one attached hydrogen (secondary N) is 9. The molecule has 1 aromatic heterocycles. The van der Waals surface area contributed by atoms with E-state index in [1.54, 1.807) is 27.7 Å². The lowest BCUT2D eigenvalue weighted by molar-refractivity contribution is -0.231. The topological polar surface area (TPSA) is 450 Å². The third kappa shape index (κ3) is 22.7. The number of carbonyl (C=O) groups excluding carboxylic acids is 4. The van der Waals surface area contributed by atoms with Crippen molar-refractivity contribution in [3.63, 3.8) is 0 Å². The van der Waals surface area contributed by atoms with Crippen molar-refractivity contribution in [3.8, 4) is 0 Å². The van der Waals surface area contributed by atoms with Crippen LogP contribution in [0.15, 0.2) is 26.8 Å². The summed E-state index contributed by atoms with van der Waals surface area (Å²) in [5.74, 6) is -5.94. The molecule has 0 saturated carbocycles. The van der Waals surface area contributed by atoms with Gasteiger partial charge in [-0.3, -0.25) is 33.7 Å². The second-order valence-corrected chi connectivity index (χ2v) is 22.7. The van der Waals surface area contributed by atoms with Gasteiger partial charge < -0.3 is 97.9 Å². The Morgan fingerprint density at radius 3 is 1.91 bits per heavy atom. The summed E-state index contributed by atoms with van der Waals surface area (Å²) in [7, 11) is 1.22. The minimum absolute atomic E-state index is 0.0414. The molecular formula is C55H96N12O18. The zero-order valence-corrected chi connectivity index (χ0v) is 49.9. The molecule has 3 aliphatic rings. The minimum atomic E-state index is -1.96. The lowest BCUT2D eigenvalue weighted by Gasteiger charge is -2.34. The maximum Gasteiger partial charge on any atom is 0.330 e. The van der Waals surface area contributed by atoms with Crippen molar-refractivity contribution in [1.82, 2.24) is 52.1 Å². The summed E-state index contributed by atoms with van der Waals surface area (Å²) in [6, 6.07) is -7.77. The highest BCUT2D eigenvalue weighted by Gasteiger charge is 2.54. The molecular weight excluding hydrogens is 1120 g/mol. The number of nitrogens with two attached hydrogens (primary N) is 1. The number of urea groups is 2. The van der Waals surface area contributed by atoms with Crippen LogP contribution in [-0.2, 0) is 38.1 Å². The monoisotopic (exact) mass is 1210 g/mol. The van der Waals surface area contributed by atoms with E-state index in [0.29, 0.717) is 6.54 Å². The molecule has 4 heterocycles. The Labute approximate surface area is 495 Å². The maximum atomic E-state index is 14.0. The number of methoxy groups -OCH3 is 1. The van der Waals surface area contributed by atoms with Crippen LogP contribution >= 0.6 is 0 Å². The molecule has 7 unspecified atom stereocenters. The Morgan fingerprint density at radius 1 is 0.729 bits per heavy atom. The Bertz CT molecular complexity index is 2400. The largest absolute Gasteiger partial charge is 0.480 e. The molecule has 85 heavy (non-hydrogen) atoms. The number of rotatable bonds is 39. The molecule has 1 aromatic rings. The maximum absolute atomic E-state index is 14.0. The van der Waals surface area contributed by atoms with Gasteiger partial charge in [0.15, 0.2) is 18.5 Å². The number of hydrogen-bond donors (Lipinski definition) is 16. The van der Waals surface area contributed by atoms with Gasteiger partial charge in [0.05, 0.1) is 12.1 Å². The Balaban J connectivity index is 1.41. The lowest BCUT2D eigenvalue weighted by Crippen LogP contribution is -2.66. The molecule has 0 bridgehead atoms. The summed E-state index contributed by atoms with van der Waals surface area (Å²) < 4.78 is 24.6. The Morgan fingerprint density at radius 2 is 1.34 bits per heavy atom. The molecule has 3 aliphatic heterocycles. The number of ether oxygens (including phenoxy) is 4. The summed E-state index contributed by atoms with van der Waals surface area (Å²) in [6.07, 6.45) is 1.56. The second kappa shape index (κ2) is 36.9. The number of H-pyrrole nitrogens is 1. The highest BCUT2D eigenvalue weighted by atomic mass is 16.7. The predicted molar refractivity (Wildman–Crippen MR) is 309 cm³/mol. The Kier molecular flexibility index (Phi) is 31.0. The van der Waals surface area contributed by atoms with E-state index < -0.39 is 150 Å². The number of carboxylic acid groups (broad SMARTS) is 2. The molecule has 2 fully saturated rings. The molecule has 0 spiro atoms. The number of aliphatic imine (C=N–C) groups is 1. The van der Waals surface area contributed by atoms with Gasteiger partial charge in [0.1, 0.15) is 66.9 Å². The van der Waals surface area contributed by atoms with Gasteiger partial charge in [-0.05, 0) is 37.6 Å². The van der Waals surface area contributed by atoms with E-state index in [9.17, 15) is 69.0 Å². The first-order chi connectivity index (χ1) is 40.5. The van der Waals surface area contributed by atoms with Crippen molar-refractivity contribution < 1.29 is 78.4 Å². The summed E-state index contributed by atoms with van der Waals surface area (Å²) >= 11 is 0. The first kappa shape index (κ1) is 71.5. The number of guanidine groups is 1. The smallest absolute Gasteiger partial charge is 0.330 e. The molecule has 15 atom stereocenters. The number of hydrogen-bond acceptors (Lipinski definition) is 20. The summed E-state index contributed by atoms with van der Waals surface area (Å²) in [6.45, 7) is 8.41. The summed E-state index contributed by atoms with van der Waals surface area (Å²) in [5, 5.41) is 86.7. The van der Waals surface area contributed by atoms with Crippen molar-refractivity contribution in [2.24, 2.45) is 22.6 Å². The van der Waals surface area contributed by atoms with Gasteiger partial charge >= 0.3 is 29.7 Å². The van der Waals surface area contributed by atoms with Crippen LogP contribution < -0.4 is 59.5 Å². The van der Waals surface area contributed by atoms with Crippen LogP contribution in [0.5, 0.6) is 0 Å². The molecule has 484 valence electrons. The van der Waals surface area contributed by atoms with Crippen LogP contribution in [0, 0.1) is 11.8 Å². The molecule has 6 amide bonds. The van der Waals surface area contributed by atoms with Gasteiger partial charge in [0.25, 0.3) is 5.56 Å². The minimum Gasteiger partial charge on any atom is -0.480 e. The van der Waals surface area contributed by atoms with Crippen molar-refractivity contribution >= 4 is 41.8 Å². The van der Waals surface area contributed by atoms with Crippen molar-refractivity contribution in [1.29, 1.82) is 0 Å². The summed E-state index contributed by atoms with van der Waals surface area (Å²) in [5.41, 5.74) is 4.08. The molecule has 30 heteroatoms. The molecule has 4 rings (SSSR count). The Hall–Kier alpha value is -5.99. The average molecular weight is 1210 g/mol. The average Bonchev–Trinajstić information content (AvgIpc) is 2.10. The molecule has 0 aromatic carbocycles. The highest BCUT2D eigenvalue weighted by Crippen LogP contribution is 2.35. The number of aliphatic hydroxyl groups is 4. The second-order valence-electron chi connectivity index (χ2n) is 22.7. The fraction of sp³-hybridized carbons (Fsp3) is 0.800. The molecule has 2 saturated heterocycles. The number of aromatic amines is 1. The first-order valence-corrected chi connectivity index (χ1v) is 30.0. The SMILES string of the molecule is CCCCCCCCCCCCCCCCNC(=O)NC[C@H]1O[C@H](OC(C(NCCCNC(=O)C(NC(=O)C(NC(=O)NC(C(=O)O)C(C)C)C2CCN=C(N)N2)C(O)C(C)C)C(=O)O)[C@H]2O[C@@H](n3ccc(=O)[nH]c3=O)[C@H](O)[C@@H]2O)[C@H](OC)[C@H]1O. The third-order valence-corrected chi connectivity index (χ3v) is 15.3. The lowest BCUT2D eigenvalue weighted by atomic mass is 9.97. The van der Waals surface area contributed by atoms with E-state index >= 15 is 0 Å². The number of aliphatic hydroxyl groups excluding tert-OH is 4. The quantitative estimate of drug-likeness (QED) is 0.0349. The van der Waals surface area contributed by atoms with E-state index in [2.05, 4.69) is 54.5 Å². The van der Waals surface area contributed by atoms with E-state index in [1.165, 1.54) is 71.3 Å². The van der Waals surface area contributed by atoms with Gasteiger partial charge in [-0.2, -0.15) is 0 Å². The molecule has 17 N–H and O–H groups in total. The highest BCUT2D eigenvalue weighted by molar-refractivity contribution is 5.94. The van der Waals surface area contributed by atoms with E-state index in [1.807, 2.05) is 4.98 Å². The van der Waals surface area contributed by atoms with Gasteiger partial charge in [0, 0.05) is 45.6 Å². The number of aromatic nitrogens is 2. The van der Waals surface area contributed by atoms with Gasteiger partial charge in [0.2, 0.25) is 11.8 Å². The fourth-order valence-electron chi connectivity index (χ4n) is 10.3.